The van der Waals surface area contributed by atoms with E-state index in [2.05, 4.69) is 35.3 Å². The molecule has 33 heavy (non-hydrogen) atoms. The molecule has 0 saturated carbocycles. The topological polar surface area (TPSA) is 54.6 Å². The van der Waals surface area contributed by atoms with E-state index in [-0.39, 0.29) is 18.1 Å². The molecule has 1 amide bonds. The van der Waals surface area contributed by atoms with Crippen molar-refractivity contribution >= 4 is 16.8 Å². The van der Waals surface area contributed by atoms with Gasteiger partial charge in [-0.25, -0.2) is 0 Å². The fourth-order valence-corrected chi connectivity index (χ4v) is 5.33. The lowest BCUT2D eigenvalue weighted by Gasteiger charge is -2.29. The zero-order chi connectivity index (χ0) is 22.4. The minimum atomic E-state index is -0.185. The van der Waals surface area contributed by atoms with E-state index in [1.807, 2.05) is 47.4 Å². The van der Waals surface area contributed by atoms with Crippen LogP contribution in [-0.2, 0) is 4.74 Å². The molecule has 0 spiro atoms. The number of amides is 1. The Morgan fingerprint density at radius 2 is 1.91 bits per heavy atom. The average molecular weight is 439 g/mol. The van der Waals surface area contributed by atoms with Gasteiger partial charge in [-0.3, -0.25) is 4.79 Å². The van der Waals surface area contributed by atoms with Gasteiger partial charge < -0.3 is 19.4 Å². The highest BCUT2D eigenvalue weighted by Gasteiger charge is 2.41. The Labute approximate surface area is 192 Å². The van der Waals surface area contributed by atoms with Crippen LogP contribution in [0, 0.1) is 0 Å². The SMILES string of the molecule is COc1cccc(-c2[nH]c3ccccc3c2[C@H]2c3ccccc3C(=O)N2C[C@H]2CCCO2)c1. The molecule has 1 saturated heterocycles. The van der Waals surface area contributed by atoms with Crippen molar-refractivity contribution in [2.75, 3.05) is 20.3 Å². The molecule has 2 aliphatic rings. The molecule has 0 radical (unpaired) electrons. The Bertz CT molecular complexity index is 1340. The molecule has 1 fully saturated rings. The zero-order valence-corrected chi connectivity index (χ0v) is 18.6. The number of nitrogens with one attached hydrogen (secondary N) is 1. The molecule has 0 aliphatic carbocycles. The number of H-pyrrole nitrogens is 1. The van der Waals surface area contributed by atoms with Gasteiger partial charge in [0.1, 0.15) is 5.75 Å². The predicted molar refractivity (Wildman–Crippen MR) is 129 cm³/mol. The Balaban J connectivity index is 1.58. The number of hydrogen-bond acceptors (Lipinski definition) is 3. The van der Waals surface area contributed by atoms with Crippen LogP contribution in [0.1, 0.15) is 40.4 Å². The monoisotopic (exact) mass is 438 g/mol. The minimum Gasteiger partial charge on any atom is -0.497 e. The maximum Gasteiger partial charge on any atom is 0.255 e. The molecule has 1 aromatic heterocycles. The first-order chi connectivity index (χ1) is 16.2. The van der Waals surface area contributed by atoms with E-state index in [0.29, 0.717) is 6.54 Å². The standard InChI is InChI=1S/C28H26N2O3/c1-32-19-9-6-8-18(16-19)26-25(23-13-4-5-14-24(23)29-26)27-21-11-2-3-12-22(21)28(31)30(27)17-20-10-7-15-33-20/h2-6,8-9,11-14,16,20,27,29H,7,10,15,17H2,1H3/t20-,27-/m1/s1. The third-order valence-corrected chi connectivity index (χ3v) is 6.86. The molecule has 3 aromatic carbocycles. The highest BCUT2D eigenvalue weighted by Crippen LogP contribution is 2.46. The van der Waals surface area contributed by atoms with Crippen molar-refractivity contribution in [3.63, 3.8) is 0 Å². The summed E-state index contributed by atoms with van der Waals surface area (Å²) in [6.07, 6.45) is 2.12. The van der Waals surface area contributed by atoms with E-state index in [4.69, 9.17) is 9.47 Å². The van der Waals surface area contributed by atoms with Gasteiger partial charge in [0.05, 0.1) is 24.9 Å². The highest BCUT2D eigenvalue weighted by atomic mass is 16.5. The van der Waals surface area contributed by atoms with E-state index < -0.39 is 0 Å². The van der Waals surface area contributed by atoms with Gasteiger partial charge in [-0.05, 0) is 42.7 Å². The van der Waals surface area contributed by atoms with Crippen LogP contribution < -0.4 is 4.74 Å². The van der Waals surface area contributed by atoms with Gasteiger partial charge in [-0.2, -0.15) is 0 Å². The number of nitrogens with zero attached hydrogens (tertiary/aromatic N) is 1. The summed E-state index contributed by atoms with van der Waals surface area (Å²) in [7, 11) is 1.68. The summed E-state index contributed by atoms with van der Waals surface area (Å²) < 4.78 is 11.4. The fraction of sp³-hybridized carbons (Fsp3) is 0.250. The normalized spacial score (nSPS) is 19.9. The predicted octanol–water partition coefficient (Wildman–Crippen LogP) is 5.57. The molecule has 0 bridgehead atoms. The molecule has 5 nitrogen and oxygen atoms in total. The first-order valence-corrected chi connectivity index (χ1v) is 11.5. The Morgan fingerprint density at radius 3 is 2.76 bits per heavy atom. The van der Waals surface area contributed by atoms with Crippen molar-refractivity contribution in [1.29, 1.82) is 0 Å². The highest BCUT2D eigenvalue weighted by molar-refractivity contribution is 6.02. The third kappa shape index (κ3) is 3.31. The van der Waals surface area contributed by atoms with E-state index in [9.17, 15) is 4.79 Å². The Kier molecular flexibility index (Phi) is 4.92. The second kappa shape index (κ2) is 8.09. The van der Waals surface area contributed by atoms with Gasteiger partial charge in [0.15, 0.2) is 0 Å². The number of para-hydroxylation sites is 1. The van der Waals surface area contributed by atoms with E-state index >= 15 is 0 Å². The molecule has 5 heteroatoms. The maximum absolute atomic E-state index is 13.6. The van der Waals surface area contributed by atoms with Gasteiger partial charge in [0, 0.05) is 40.7 Å². The molecule has 6 rings (SSSR count). The van der Waals surface area contributed by atoms with Gasteiger partial charge in [0.2, 0.25) is 0 Å². The maximum atomic E-state index is 13.6. The molecule has 1 N–H and O–H groups in total. The third-order valence-electron chi connectivity index (χ3n) is 6.86. The van der Waals surface area contributed by atoms with Crippen molar-refractivity contribution in [2.24, 2.45) is 0 Å². The molecule has 4 aromatic rings. The molecule has 166 valence electrons. The summed E-state index contributed by atoms with van der Waals surface area (Å²) in [6, 6.07) is 24.2. The van der Waals surface area contributed by atoms with Gasteiger partial charge in [-0.1, -0.05) is 48.5 Å². The summed E-state index contributed by atoms with van der Waals surface area (Å²) in [4.78, 5) is 19.3. The Morgan fingerprint density at radius 1 is 1.06 bits per heavy atom. The smallest absolute Gasteiger partial charge is 0.255 e. The molecular formula is C28H26N2O3. The summed E-state index contributed by atoms with van der Waals surface area (Å²) in [5.74, 6) is 0.879. The minimum absolute atomic E-state index is 0.0768. The number of carbonyl (C=O) groups is 1. The van der Waals surface area contributed by atoms with Crippen molar-refractivity contribution in [3.05, 3.63) is 89.5 Å². The van der Waals surface area contributed by atoms with Crippen molar-refractivity contribution < 1.29 is 14.3 Å². The number of carbonyl (C=O) groups excluding carboxylic acids is 1. The van der Waals surface area contributed by atoms with E-state index in [1.165, 1.54) is 0 Å². The van der Waals surface area contributed by atoms with Crippen LogP contribution in [-0.4, -0.2) is 42.2 Å². The zero-order valence-electron chi connectivity index (χ0n) is 18.6. The van der Waals surface area contributed by atoms with Gasteiger partial charge in [-0.15, -0.1) is 0 Å². The number of aromatic amines is 1. The molecule has 0 unspecified atom stereocenters. The van der Waals surface area contributed by atoms with Crippen LogP contribution in [0.4, 0.5) is 0 Å². The van der Waals surface area contributed by atoms with Crippen LogP contribution in [0.5, 0.6) is 5.75 Å². The van der Waals surface area contributed by atoms with Crippen molar-refractivity contribution in [2.45, 2.75) is 25.0 Å². The lowest BCUT2D eigenvalue weighted by Crippen LogP contribution is -2.35. The van der Waals surface area contributed by atoms with Gasteiger partial charge in [0.25, 0.3) is 5.91 Å². The van der Waals surface area contributed by atoms with Crippen molar-refractivity contribution in [3.8, 4) is 17.0 Å². The van der Waals surface area contributed by atoms with Crippen molar-refractivity contribution in [1.82, 2.24) is 9.88 Å². The molecular weight excluding hydrogens is 412 g/mol. The number of benzene rings is 3. The van der Waals surface area contributed by atoms with E-state index in [1.54, 1.807) is 7.11 Å². The number of fused-ring (bicyclic) bond motifs is 2. The van der Waals surface area contributed by atoms with Crippen LogP contribution in [0.15, 0.2) is 72.8 Å². The summed E-state index contributed by atoms with van der Waals surface area (Å²) >= 11 is 0. The van der Waals surface area contributed by atoms with Crippen LogP contribution in [0.25, 0.3) is 22.2 Å². The Hall–Kier alpha value is -3.57. The van der Waals surface area contributed by atoms with Crippen LogP contribution in [0.2, 0.25) is 0 Å². The van der Waals surface area contributed by atoms with Crippen LogP contribution >= 0.6 is 0 Å². The second-order valence-electron chi connectivity index (χ2n) is 8.77. The second-order valence-corrected chi connectivity index (χ2v) is 8.77. The number of hydrogen-bond donors (Lipinski definition) is 1. The first-order valence-electron chi connectivity index (χ1n) is 11.5. The summed E-state index contributed by atoms with van der Waals surface area (Å²) in [6.45, 7) is 1.36. The summed E-state index contributed by atoms with van der Waals surface area (Å²) in [5, 5.41) is 1.13. The lowest BCUT2D eigenvalue weighted by molar-refractivity contribution is 0.0501. The number of ether oxygens (including phenoxy) is 2. The quantitative estimate of drug-likeness (QED) is 0.443. The number of methoxy groups -OCH3 is 1. The fourth-order valence-electron chi connectivity index (χ4n) is 5.33. The molecule has 2 atom stereocenters. The number of rotatable bonds is 5. The summed E-state index contributed by atoms with van der Waals surface area (Å²) in [5.41, 5.74) is 6.06. The van der Waals surface area contributed by atoms with Gasteiger partial charge >= 0.3 is 0 Å². The van der Waals surface area contributed by atoms with E-state index in [0.717, 1.165) is 64.0 Å². The molecule has 3 heterocycles. The first kappa shape index (κ1) is 20.1. The lowest BCUT2D eigenvalue weighted by atomic mass is 9.93. The average Bonchev–Trinajstić information content (AvgIpc) is 3.57. The largest absolute Gasteiger partial charge is 0.497 e. The van der Waals surface area contributed by atoms with Crippen LogP contribution in [0.3, 0.4) is 0 Å². The number of aromatic nitrogens is 1. The molecule has 2 aliphatic heterocycles.